The smallest absolute Gasteiger partial charge is 0.269 e. The summed E-state index contributed by atoms with van der Waals surface area (Å²) in [6.45, 7) is 1.34. The fourth-order valence-corrected chi connectivity index (χ4v) is 11.4. The minimum atomic E-state index is -4.75. The Morgan fingerprint density at radius 1 is 0.938 bits per heavy atom. The summed E-state index contributed by atoms with van der Waals surface area (Å²) < 4.78 is 85.9. The van der Waals surface area contributed by atoms with E-state index in [1.54, 1.807) is 22.9 Å². The zero-order valence-electron chi connectivity index (χ0n) is 26.9. The maximum Gasteiger partial charge on any atom is 0.269 e. The van der Waals surface area contributed by atoms with Gasteiger partial charge in [0.2, 0.25) is 21.8 Å². The van der Waals surface area contributed by atoms with Gasteiger partial charge in [0.15, 0.2) is 5.03 Å². The Morgan fingerprint density at radius 2 is 1.58 bits per heavy atom. The topological polar surface area (TPSA) is 158 Å². The van der Waals surface area contributed by atoms with Gasteiger partial charge in [-0.3, -0.25) is 14.5 Å². The molecule has 0 bridgehead atoms. The average Bonchev–Trinajstić information content (AvgIpc) is 3.52. The summed E-state index contributed by atoms with van der Waals surface area (Å²) in [5.41, 5.74) is -2.04. The molecule has 260 valence electrons. The first-order valence-corrected chi connectivity index (χ1v) is 20.3. The van der Waals surface area contributed by atoms with Crippen LogP contribution in [0.1, 0.15) is 19.8 Å². The van der Waals surface area contributed by atoms with Gasteiger partial charge in [0.25, 0.3) is 20.0 Å². The number of rotatable bonds is 7. The number of aromatic nitrogens is 1. The van der Waals surface area contributed by atoms with E-state index in [1.807, 2.05) is 4.90 Å². The first-order chi connectivity index (χ1) is 22.3. The normalized spacial score (nSPS) is 22.6. The van der Waals surface area contributed by atoms with Crippen LogP contribution in [0, 0.1) is 0 Å². The molecule has 2 aromatic carbocycles. The molecule has 0 N–H and O–H groups in total. The molecule has 3 aliphatic rings. The molecule has 3 aromatic rings. The van der Waals surface area contributed by atoms with Gasteiger partial charge in [-0.2, -0.15) is 4.31 Å². The first-order valence-electron chi connectivity index (χ1n) is 15.2. The monoisotopic (exact) mass is 740 g/mol. The van der Waals surface area contributed by atoms with E-state index in [1.165, 1.54) is 62.5 Å². The Balaban J connectivity index is 1.49. The van der Waals surface area contributed by atoms with Crippen LogP contribution in [0.25, 0.3) is 10.9 Å². The van der Waals surface area contributed by atoms with Gasteiger partial charge in [0.1, 0.15) is 5.66 Å². The Hall–Kier alpha value is -3.06. The molecular formula is C30H37ClN6O8S3. The van der Waals surface area contributed by atoms with Gasteiger partial charge >= 0.3 is 0 Å². The number of sulfonamides is 2. The Bertz CT molecular complexity index is 2130. The number of likely N-dealkylation sites (tertiary alicyclic amines) is 1. The van der Waals surface area contributed by atoms with Crippen molar-refractivity contribution >= 4 is 64.4 Å². The highest BCUT2D eigenvalue weighted by Crippen LogP contribution is 2.46. The third-order valence-corrected chi connectivity index (χ3v) is 15.2. The van der Waals surface area contributed by atoms with Crippen molar-refractivity contribution in [1.82, 2.24) is 27.3 Å². The third-order valence-electron chi connectivity index (χ3n) is 10.1. The lowest BCUT2D eigenvalue weighted by atomic mass is 9.86. The lowest BCUT2D eigenvalue weighted by Crippen LogP contribution is -2.71. The van der Waals surface area contributed by atoms with E-state index in [0.717, 1.165) is 18.8 Å². The molecule has 1 unspecified atom stereocenters. The third kappa shape index (κ3) is 5.52. The molecule has 1 aromatic heterocycles. The van der Waals surface area contributed by atoms with Gasteiger partial charge in [-0.25, -0.2) is 33.5 Å². The molecule has 4 heterocycles. The average molecular weight is 741 g/mol. The summed E-state index contributed by atoms with van der Waals surface area (Å²) in [7, 11) is -9.88. The number of carbonyl (C=O) groups is 2. The lowest BCUT2D eigenvalue weighted by molar-refractivity contribution is -0.147. The molecule has 6 rings (SSSR count). The number of likely N-dealkylation sites (N-methyl/N-ethyl adjacent to an activating group) is 2. The number of piperazine rings is 1. The number of piperidine rings is 1. The Labute approximate surface area is 285 Å². The van der Waals surface area contributed by atoms with Crippen LogP contribution in [0.2, 0.25) is 5.02 Å². The van der Waals surface area contributed by atoms with Crippen LogP contribution in [0.5, 0.6) is 0 Å². The van der Waals surface area contributed by atoms with E-state index < -0.39 is 58.7 Å². The summed E-state index contributed by atoms with van der Waals surface area (Å²) in [4.78, 5) is 31.2. The first kappa shape index (κ1) is 34.8. The van der Waals surface area contributed by atoms with Gasteiger partial charge < -0.3 is 9.80 Å². The van der Waals surface area contributed by atoms with Crippen LogP contribution in [0.3, 0.4) is 0 Å². The fourth-order valence-electron chi connectivity index (χ4n) is 7.27. The summed E-state index contributed by atoms with van der Waals surface area (Å²) in [6.07, 6.45) is 1.99. The number of nitrogens with zero attached hydrogens (tertiary/aromatic N) is 6. The number of fused-ring (bicyclic) bond motifs is 2. The molecule has 1 spiro atoms. The van der Waals surface area contributed by atoms with E-state index in [-0.39, 0.29) is 46.4 Å². The minimum absolute atomic E-state index is 0.0764. The van der Waals surface area contributed by atoms with E-state index in [4.69, 9.17) is 11.6 Å². The predicted octanol–water partition coefficient (Wildman–Crippen LogP) is 1.28. The molecule has 3 aliphatic heterocycles. The van der Waals surface area contributed by atoms with Gasteiger partial charge in [-0.15, -0.1) is 0 Å². The van der Waals surface area contributed by atoms with Crippen molar-refractivity contribution in [3.8, 4) is 0 Å². The summed E-state index contributed by atoms with van der Waals surface area (Å²) in [5, 5.41) is -0.0613. The van der Waals surface area contributed by atoms with Gasteiger partial charge in [0.05, 0.1) is 36.3 Å². The molecule has 0 aliphatic carbocycles. The van der Waals surface area contributed by atoms with Gasteiger partial charge in [-0.05, 0) is 56.3 Å². The predicted molar refractivity (Wildman–Crippen MR) is 179 cm³/mol. The molecule has 3 fully saturated rings. The largest absolute Gasteiger partial charge is 0.343 e. The number of carbonyl (C=O) groups excluding carboxylic acids is 2. The van der Waals surface area contributed by atoms with Crippen molar-refractivity contribution in [2.24, 2.45) is 0 Å². The molecule has 18 heteroatoms. The Morgan fingerprint density at radius 3 is 2.19 bits per heavy atom. The van der Waals surface area contributed by atoms with Crippen LogP contribution in [0.15, 0.2) is 64.5 Å². The van der Waals surface area contributed by atoms with Crippen LogP contribution < -0.4 is 0 Å². The zero-order chi connectivity index (χ0) is 35.0. The highest BCUT2D eigenvalue weighted by molar-refractivity contribution is 7.92. The van der Waals surface area contributed by atoms with Crippen molar-refractivity contribution < 1.29 is 34.8 Å². The number of amides is 2. The molecule has 2 amide bonds. The minimum Gasteiger partial charge on any atom is -0.343 e. The highest BCUT2D eigenvalue weighted by Gasteiger charge is 2.63. The standard InChI is InChI=1S/C30H37ClN6O8S3/c1-22(38)34-14-12-29(13-15-34)19-36-27(39)18-35(21-30(36,33(29)3)20-32(2)46(4,40)41)48(44,45)28-17-23-16-24(31)10-11-26(23)37(28)47(42,43)25-8-6-5-7-9-25/h5-11,16-17H,12-15,18-21H2,1-4H3. The summed E-state index contributed by atoms with van der Waals surface area (Å²) in [5.74, 6) is -0.633. The Kier molecular flexibility index (Phi) is 8.54. The molecule has 0 radical (unpaired) electrons. The zero-order valence-corrected chi connectivity index (χ0v) is 30.1. The van der Waals surface area contributed by atoms with E-state index in [0.29, 0.717) is 25.9 Å². The molecule has 0 saturated carbocycles. The van der Waals surface area contributed by atoms with Crippen molar-refractivity contribution in [1.29, 1.82) is 0 Å². The molecule has 48 heavy (non-hydrogen) atoms. The van der Waals surface area contributed by atoms with Crippen LogP contribution in [-0.4, -0.2) is 135 Å². The maximum absolute atomic E-state index is 14.7. The highest BCUT2D eigenvalue weighted by atomic mass is 35.5. The SMILES string of the molecule is CC(=O)N1CCC2(CC1)CN1C(=O)CN(S(=O)(=O)c3cc4cc(Cl)ccc4n3S(=O)(=O)c3ccccc3)CC1(CN(C)S(C)(=O)=O)N2C. The molecule has 14 nitrogen and oxygen atoms in total. The van der Waals surface area contributed by atoms with Crippen LogP contribution in [-0.2, 0) is 39.7 Å². The maximum atomic E-state index is 14.7. The number of halogens is 1. The second kappa shape index (κ2) is 11.8. The van der Waals surface area contributed by atoms with Crippen molar-refractivity contribution in [2.75, 3.05) is 59.6 Å². The number of hydrogen-bond donors (Lipinski definition) is 0. The van der Waals surface area contributed by atoms with Crippen molar-refractivity contribution in [2.45, 2.75) is 40.9 Å². The lowest BCUT2D eigenvalue weighted by Gasteiger charge is -2.52. The molecule has 3 saturated heterocycles. The summed E-state index contributed by atoms with van der Waals surface area (Å²) in [6, 6.07) is 13.0. The van der Waals surface area contributed by atoms with E-state index >= 15 is 0 Å². The quantitative estimate of drug-likeness (QED) is 0.348. The van der Waals surface area contributed by atoms with E-state index in [9.17, 15) is 34.8 Å². The van der Waals surface area contributed by atoms with Crippen molar-refractivity contribution in [3.63, 3.8) is 0 Å². The second-order valence-electron chi connectivity index (χ2n) is 12.8. The van der Waals surface area contributed by atoms with Crippen LogP contribution >= 0.6 is 11.6 Å². The second-order valence-corrected chi connectivity index (χ2v) is 19.0. The number of hydrogen-bond acceptors (Lipinski definition) is 9. The van der Waals surface area contributed by atoms with Gasteiger partial charge in [0, 0.05) is 49.6 Å². The summed E-state index contributed by atoms with van der Waals surface area (Å²) >= 11 is 6.22. The van der Waals surface area contributed by atoms with Crippen molar-refractivity contribution in [3.05, 3.63) is 59.6 Å². The van der Waals surface area contributed by atoms with Gasteiger partial charge in [-0.1, -0.05) is 29.8 Å². The molecule has 1 atom stereocenters. The molecular weight excluding hydrogens is 704 g/mol. The van der Waals surface area contributed by atoms with Crippen LogP contribution in [0.4, 0.5) is 0 Å². The van der Waals surface area contributed by atoms with E-state index in [2.05, 4.69) is 0 Å². The number of benzene rings is 2. The fraction of sp³-hybridized carbons (Fsp3) is 0.467.